The first-order valence-electron chi connectivity index (χ1n) is 8.91. The molecular formula is C19H23ClN4O. The summed E-state index contributed by atoms with van der Waals surface area (Å²) in [7, 11) is 0. The minimum Gasteiger partial charge on any atom is -0.391 e. The number of aliphatic hydroxyl groups is 1. The number of rotatable bonds is 3. The maximum absolute atomic E-state index is 9.82. The topological polar surface area (TPSA) is 61.3 Å². The van der Waals surface area contributed by atoms with E-state index in [0.717, 1.165) is 55.2 Å². The third-order valence-corrected chi connectivity index (χ3v) is 5.76. The molecule has 0 amide bonds. The van der Waals surface area contributed by atoms with E-state index >= 15 is 0 Å². The Hall–Kier alpha value is -1.69. The SMILES string of the molecule is O[C@@H]1CCN(c2nccc(C3(c4ccccc4Cl)CCNCC3)n2)C1. The second kappa shape index (κ2) is 6.90. The number of hydrogen-bond acceptors (Lipinski definition) is 5. The van der Waals surface area contributed by atoms with Gasteiger partial charge in [-0.2, -0.15) is 0 Å². The zero-order valence-corrected chi connectivity index (χ0v) is 14.9. The minimum atomic E-state index is -0.288. The van der Waals surface area contributed by atoms with Crippen molar-refractivity contribution in [3.63, 3.8) is 0 Å². The van der Waals surface area contributed by atoms with Gasteiger partial charge in [0.25, 0.3) is 0 Å². The van der Waals surface area contributed by atoms with Gasteiger partial charge in [-0.25, -0.2) is 9.97 Å². The Balaban J connectivity index is 1.77. The van der Waals surface area contributed by atoms with Gasteiger partial charge in [-0.05, 0) is 50.0 Å². The summed E-state index contributed by atoms with van der Waals surface area (Å²) in [6.45, 7) is 3.27. The number of anilines is 1. The molecular weight excluding hydrogens is 336 g/mol. The van der Waals surface area contributed by atoms with Crippen molar-refractivity contribution in [2.75, 3.05) is 31.1 Å². The molecule has 1 aromatic carbocycles. The average molecular weight is 359 g/mol. The Morgan fingerprint density at radius 1 is 1.20 bits per heavy atom. The molecule has 2 saturated heterocycles. The minimum absolute atomic E-state index is 0.195. The lowest BCUT2D eigenvalue weighted by Gasteiger charge is -2.38. The van der Waals surface area contributed by atoms with Crippen LogP contribution in [0.5, 0.6) is 0 Å². The number of hydrogen-bond donors (Lipinski definition) is 2. The Kier molecular flexibility index (Phi) is 4.63. The van der Waals surface area contributed by atoms with Crippen molar-refractivity contribution in [1.29, 1.82) is 0 Å². The van der Waals surface area contributed by atoms with E-state index in [0.29, 0.717) is 12.5 Å². The van der Waals surface area contributed by atoms with Crippen LogP contribution in [0, 0.1) is 0 Å². The Morgan fingerprint density at radius 3 is 2.72 bits per heavy atom. The van der Waals surface area contributed by atoms with Crippen LogP contribution in [0.1, 0.15) is 30.5 Å². The number of piperidine rings is 1. The summed E-state index contributed by atoms with van der Waals surface area (Å²) >= 11 is 6.58. The van der Waals surface area contributed by atoms with Crippen LogP contribution in [-0.2, 0) is 5.41 Å². The summed E-state index contributed by atoms with van der Waals surface area (Å²) in [5.74, 6) is 0.707. The summed E-state index contributed by atoms with van der Waals surface area (Å²) in [6, 6.07) is 10.1. The molecule has 132 valence electrons. The number of aliphatic hydroxyl groups excluding tert-OH is 1. The highest BCUT2D eigenvalue weighted by Crippen LogP contribution is 2.42. The van der Waals surface area contributed by atoms with Gasteiger partial charge in [0.1, 0.15) is 0 Å². The van der Waals surface area contributed by atoms with E-state index < -0.39 is 0 Å². The molecule has 0 aliphatic carbocycles. The molecule has 4 rings (SSSR count). The number of β-amino-alcohol motifs (C(OH)–C–C–N with tert-alkyl or cyclic N) is 1. The Labute approximate surface area is 153 Å². The molecule has 2 aromatic rings. The lowest BCUT2D eigenvalue weighted by atomic mass is 9.70. The van der Waals surface area contributed by atoms with Crippen molar-refractivity contribution in [2.45, 2.75) is 30.8 Å². The van der Waals surface area contributed by atoms with E-state index in [4.69, 9.17) is 16.6 Å². The largest absolute Gasteiger partial charge is 0.391 e. The molecule has 2 fully saturated rings. The van der Waals surface area contributed by atoms with Crippen LogP contribution >= 0.6 is 11.6 Å². The van der Waals surface area contributed by atoms with Gasteiger partial charge in [-0.3, -0.25) is 0 Å². The van der Waals surface area contributed by atoms with Crippen molar-refractivity contribution in [1.82, 2.24) is 15.3 Å². The van der Waals surface area contributed by atoms with E-state index in [1.165, 1.54) is 0 Å². The lowest BCUT2D eigenvalue weighted by Crippen LogP contribution is -2.41. The second-order valence-corrected chi connectivity index (χ2v) is 7.35. The number of nitrogens with zero attached hydrogens (tertiary/aromatic N) is 3. The third kappa shape index (κ3) is 3.12. The average Bonchev–Trinajstić information content (AvgIpc) is 3.09. The van der Waals surface area contributed by atoms with E-state index in [1.54, 1.807) is 0 Å². The zero-order valence-electron chi connectivity index (χ0n) is 14.2. The summed E-state index contributed by atoms with van der Waals surface area (Å²) in [5, 5.41) is 14.1. The molecule has 0 bridgehead atoms. The van der Waals surface area contributed by atoms with Crippen LogP contribution in [0.3, 0.4) is 0 Å². The van der Waals surface area contributed by atoms with Crippen molar-refractivity contribution in [3.05, 3.63) is 52.8 Å². The van der Waals surface area contributed by atoms with Crippen molar-refractivity contribution in [2.24, 2.45) is 0 Å². The van der Waals surface area contributed by atoms with Gasteiger partial charge in [-0.15, -0.1) is 0 Å². The molecule has 6 heteroatoms. The second-order valence-electron chi connectivity index (χ2n) is 6.94. The summed E-state index contributed by atoms with van der Waals surface area (Å²) in [6.07, 6.45) is 4.23. The summed E-state index contributed by atoms with van der Waals surface area (Å²) in [5.41, 5.74) is 1.97. The molecule has 1 atom stereocenters. The van der Waals surface area contributed by atoms with Crippen LogP contribution in [0.15, 0.2) is 36.5 Å². The van der Waals surface area contributed by atoms with Crippen molar-refractivity contribution < 1.29 is 5.11 Å². The van der Waals surface area contributed by atoms with E-state index in [9.17, 15) is 5.11 Å². The fourth-order valence-electron chi connectivity index (χ4n) is 4.06. The number of nitrogens with one attached hydrogen (secondary N) is 1. The van der Waals surface area contributed by atoms with E-state index in [1.807, 2.05) is 30.5 Å². The zero-order chi connectivity index (χ0) is 17.3. The third-order valence-electron chi connectivity index (χ3n) is 5.43. The molecule has 2 aliphatic heterocycles. The predicted molar refractivity (Wildman–Crippen MR) is 99.2 cm³/mol. The standard InChI is InChI=1S/C19H23ClN4O/c20-16-4-2-1-3-15(16)19(7-10-21-11-8-19)17-5-9-22-18(23-17)24-12-6-14(25)13-24/h1-5,9,14,21,25H,6-8,10-13H2/t14-/m1/s1. The fourth-order valence-corrected chi connectivity index (χ4v) is 4.37. The van der Waals surface area contributed by atoms with Gasteiger partial charge in [0.15, 0.2) is 0 Å². The van der Waals surface area contributed by atoms with Gasteiger partial charge < -0.3 is 15.3 Å². The predicted octanol–water partition coefficient (Wildman–Crippen LogP) is 2.37. The van der Waals surface area contributed by atoms with Gasteiger partial charge in [0, 0.05) is 29.7 Å². The molecule has 3 heterocycles. The quantitative estimate of drug-likeness (QED) is 0.882. The van der Waals surface area contributed by atoms with Crippen LogP contribution < -0.4 is 10.2 Å². The molecule has 0 spiro atoms. The smallest absolute Gasteiger partial charge is 0.225 e. The normalized spacial score (nSPS) is 23.0. The summed E-state index contributed by atoms with van der Waals surface area (Å²) < 4.78 is 0. The monoisotopic (exact) mass is 358 g/mol. The van der Waals surface area contributed by atoms with Gasteiger partial charge in [0.05, 0.1) is 11.8 Å². The molecule has 25 heavy (non-hydrogen) atoms. The first-order chi connectivity index (χ1) is 12.2. The number of benzene rings is 1. The first-order valence-corrected chi connectivity index (χ1v) is 9.29. The lowest BCUT2D eigenvalue weighted by molar-refractivity contribution is 0.198. The van der Waals surface area contributed by atoms with E-state index in [-0.39, 0.29) is 11.5 Å². The van der Waals surface area contributed by atoms with Crippen molar-refractivity contribution in [3.8, 4) is 0 Å². The summed E-state index contributed by atoms with van der Waals surface area (Å²) in [4.78, 5) is 11.4. The maximum Gasteiger partial charge on any atom is 0.225 e. The molecule has 0 radical (unpaired) electrons. The van der Waals surface area contributed by atoms with Crippen molar-refractivity contribution >= 4 is 17.5 Å². The molecule has 0 saturated carbocycles. The van der Waals surface area contributed by atoms with Crippen LogP contribution in [0.25, 0.3) is 0 Å². The molecule has 2 N–H and O–H groups in total. The van der Waals surface area contributed by atoms with Gasteiger partial charge >= 0.3 is 0 Å². The first kappa shape index (κ1) is 16.8. The van der Waals surface area contributed by atoms with Gasteiger partial charge in [0.2, 0.25) is 5.95 Å². The van der Waals surface area contributed by atoms with E-state index in [2.05, 4.69) is 21.3 Å². The molecule has 5 nitrogen and oxygen atoms in total. The van der Waals surface area contributed by atoms with Crippen LogP contribution in [0.4, 0.5) is 5.95 Å². The highest BCUT2D eigenvalue weighted by Gasteiger charge is 2.39. The number of halogens is 1. The highest BCUT2D eigenvalue weighted by molar-refractivity contribution is 6.31. The highest BCUT2D eigenvalue weighted by atomic mass is 35.5. The fraction of sp³-hybridized carbons (Fsp3) is 0.474. The van der Waals surface area contributed by atoms with Crippen LogP contribution in [-0.4, -0.2) is 47.4 Å². The molecule has 1 aromatic heterocycles. The maximum atomic E-state index is 9.82. The molecule has 2 aliphatic rings. The van der Waals surface area contributed by atoms with Crippen LogP contribution in [0.2, 0.25) is 5.02 Å². The molecule has 0 unspecified atom stereocenters. The Morgan fingerprint density at radius 2 is 2.00 bits per heavy atom. The Bertz CT molecular complexity index is 748. The number of aromatic nitrogens is 2. The van der Waals surface area contributed by atoms with Gasteiger partial charge in [-0.1, -0.05) is 29.8 Å².